The van der Waals surface area contributed by atoms with E-state index in [0.717, 1.165) is 12.1 Å². The van der Waals surface area contributed by atoms with Crippen LogP contribution in [0.1, 0.15) is 15.9 Å². The van der Waals surface area contributed by atoms with E-state index in [-0.39, 0.29) is 10.9 Å². The summed E-state index contributed by atoms with van der Waals surface area (Å²) in [5.74, 6) is -0.814. The molecule has 0 aliphatic carbocycles. The first-order chi connectivity index (χ1) is 11.8. The van der Waals surface area contributed by atoms with E-state index in [1.165, 1.54) is 31.4 Å². The molecule has 2 aromatic carbocycles. The summed E-state index contributed by atoms with van der Waals surface area (Å²) < 4.78 is 44.6. The zero-order valence-electron chi connectivity index (χ0n) is 12.8. The van der Waals surface area contributed by atoms with Gasteiger partial charge in [0.25, 0.3) is 0 Å². The third-order valence-corrected chi connectivity index (χ3v) is 3.22. The van der Waals surface area contributed by atoms with Gasteiger partial charge in [0.2, 0.25) is 0 Å². The Labute approximate surface area is 146 Å². The van der Waals surface area contributed by atoms with Crippen LogP contribution < -0.4 is 10.2 Å². The van der Waals surface area contributed by atoms with Gasteiger partial charge in [0.05, 0.1) is 18.4 Å². The van der Waals surface area contributed by atoms with Crippen LogP contribution in [0.15, 0.2) is 53.6 Å². The molecule has 0 bridgehead atoms. The van der Waals surface area contributed by atoms with Crippen molar-refractivity contribution in [2.45, 2.75) is 6.36 Å². The lowest BCUT2D eigenvalue weighted by Gasteiger charge is -2.09. The highest BCUT2D eigenvalue weighted by Crippen LogP contribution is 2.24. The lowest BCUT2D eigenvalue weighted by molar-refractivity contribution is -0.274. The fraction of sp³-hybridized carbons (Fsp3) is 0.125. The Bertz CT molecular complexity index is 760. The van der Waals surface area contributed by atoms with Gasteiger partial charge in [-0.3, -0.25) is 5.43 Å². The number of halogens is 4. The van der Waals surface area contributed by atoms with Gasteiger partial charge in [0.15, 0.2) is 5.17 Å². The number of ether oxygens (including phenoxy) is 2. The highest BCUT2D eigenvalue weighted by Gasteiger charge is 2.30. The number of hydrazone groups is 1. The average molecular weight is 373 g/mol. The largest absolute Gasteiger partial charge is 0.573 e. The van der Waals surface area contributed by atoms with Crippen LogP contribution in [0.4, 0.5) is 18.9 Å². The van der Waals surface area contributed by atoms with Gasteiger partial charge in [-0.15, -0.1) is 13.2 Å². The summed E-state index contributed by atoms with van der Waals surface area (Å²) in [7, 11) is 1.28. The second-order valence-corrected chi connectivity index (χ2v) is 5.01. The number of hydrogen-bond donors (Lipinski definition) is 1. The van der Waals surface area contributed by atoms with E-state index in [1.807, 2.05) is 0 Å². The van der Waals surface area contributed by atoms with Gasteiger partial charge in [-0.2, -0.15) is 5.10 Å². The molecule has 2 aromatic rings. The number of esters is 1. The van der Waals surface area contributed by atoms with Gasteiger partial charge in [0.1, 0.15) is 5.75 Å². The number of benzene rings is 2. The molecule has 2 rings (SSSR count). The Hall–Kier alpha value is -2.74. The summed E-state index contributed by atoms with van der Waals surface area (Å²) in [6, 6.07) is 11.2. The Balaban J connectivity index is 2.02. The summed E-state index contributed by atoms with van der Waals surface area (Å²) in [5.41, 5.74) is 3.93. The van der Waals surface area contributed by atoms with Crippen molar-refractivity contribution in [1.82, 2.24) is 0 Å². The minimum Gasteiger partial charge on any atom is -0.465 e. The molecular weight excluding hydrogens is 361 g/mol. The van der Waals surface area contributed by atoms with Crippen LogP contribution in [-0.4, -0.2) is 24.6 Å². The summed E-state index contributed by atoms with van der Waals surface area (Å²) in [5, 5.41) is 4.02. The smallest absolute Gasteiger partial charge is 0.465 e. The van der Waals surface area contributed by atoms with Crippen LogP contribution in [0.5, 0.6) is 5.75 Å². The molecule has 5 nitrogen and oxygen atoms in total. The molecule has 0 saturated carbocycles. The minimum absolute atomic E-state index is 0.104. The Morgan fingerprint density at radius 2 is 1.60 bits per heavy atom. The molecule has 0 amide bonds. The summed E-state index contributed by atoms with van der Waals surface area (Å²) in [6.07, 6.45) is -4.74. The topological polar surface area (TPSA) is 59.9 Å². The Kier molecular flexibility index (Phi) is 5.87. The molecule has 9 heteroatoms. The number of alkyl halides is 3. The average Bonchev–Trinajstić information content (AvgIpc) is 2.59. The SMILES string of the molecule is COC(=O)c1ccc(/C(Cl)=N/Nc2ccc(OC(F)(F)F)cc2)cc1. The van der Waals surface area contributed by atoms with Crippen molar-refractivity contribution < 1.29 is 27.4 Å². The quantitative estimate of drug-likeness (QED) is 0.480. The van der Waals surface area contributed by atoms with Crippen molar-refractivity contribution in [3.05, 3.63) is 59.7 Å². The first-order valence-corrected chi connectivity index (χ1v) is 7.20. The van der Waals surface area contributed by atoms with E-state index in [9.17, 15) is 18.0 Å². The lowest BCUT2D eigenvalue weighted by Crippen LogP contribution is -2.16. The monoisotopic (exact) mass is 372 g/mol. The first-order valence-electron chi connectivity index (χ1n) is 6.82. The van der Waals surface area contributed by atoms with E-state index in [2.05, 4.69) is 20.0 Å². The van der Waals surface area contributed by atoms with Crippen molar-refractivity contribution in [1.29, 1.82) is 0 Å². The van der Waals surface area contributed by atoms with Crippen molar-refractivity contribution in [2.75, 3.05) is 12.5 Å². The van der Waals surface area contributed by atoms with E-state index < -0.39 is 12.3 Å². The van der Waals surface area contributed by atoms with Gasteiger partial charge in [0, 0.05) is 5.56 Å². The maximum Gasteiger partial charge on any atom is 0.573 e. The van der Waals surface area contributed by atoms with E-state index in [1.54, 1.807) is 12.1 Å². The van der Waals surface area contributed by atoms with Gasteiger partial charge < -0.3 is 9.47 Å². The predicted molar refractivity (Wildman–Crippen MR) is 86.9 cm³/mol. The molecule has 0 saturated heterocycles. The molecule has 0 heterocycles. The van der Waals surface area contributed by atoms with Crippen LogP contribution in [0.2, 0.25) is 0 Å². The number of nitrogens with zero attached hydrogens (tertiary/aromatic N) is 1. The molecule has 0 aliphatic heterocycles. The lowest BCUT2D eigenvalue weighted by atomic mass is 10.1. The summed E-state index contributed by atoms with van der Waals surface area (Å²) >= 11 is 6.04. The fourth-order valence-electron chi connectivity index (χ4n) is 1.77. The van der Waals surface area contributed by atoms with Gasteiger partial charge in [-0.05, 0) is 36.4 Å². The molecule has 1 N–H and O–H groups in total. The van der Waals surface area contributed by atoms with E-state index in [0.29, 0.717) is 16.8 Å². The normalized spacial score (nSPS) is 11.8. The zero-order chi connectivity index (χ0) is 18.4. The molecule has 132 valence electrons. The second-order valence-electron chi connectivity index (χ2n) is 4.66. The standard InChI is InChI=1S/C16H12ClF3N2O3/c1-24-15(23)11-4-2-10(3-5-11)14(17)22-21-12-6-8-13(9-7-12)25-16(18,19)20/h2-9,21H,1H3/b22-14-. The molecule has 0 spiro atoms. The van der Waals surface area contributed by atoms with E-state index >= 15 is 0 Å². The highest BCUT2D eigenvalue weighted by atomic mass is 35.5. The second kappa shape index (κ2) is 7.89. The number of anilines is 1. The van der Waals surface area contributed by atoms with Gasteiger partial charge in [-0.25, -0.2) is 4.79 Å². The van der Waals surface area contributed by atoms with Crippen LogP contribution in [0.25, 0.3) is 0 Å². The predicted octanol–water partition coefficient (Wildman–Crippen LogP) is 4.38. The number of carbonyl (C=O) groups is 1. The first kappa shape index (κ1) is 18.6. The maximum absolute atomic E-state index is 12.1. The molecular formula is C16H12ClF3N2O3. The third-order valence-electron chi connectivity index (χ3n) is 2.92. The number of nitrogens with one attached hydrogen (secondary N) is 1. The highest BCUT2D eigenvalue weighted by molar-refractivity contribution is 6.69. The summed E-state index contributed by atoms with van der Waals surface area (Å²) in [6.45, 7) is 0. The van der Waals surface area contributed by atoms with Gasteiger partial charge in [-0.1, -0.05) is 23.7 Å². The minimum atomic E-state index is -4.74. The molecule has 0 fully saturated rings. The number of rotatable bonds is 5. The molecule has 0 aliphatic rings. The van der Waals surface area contributed by atoms with Crippen molar-refractivity contribution in [3.8, 4) is 5.75 Å². The molecule has 0 aromatic heterocycles. The zero-order valence-corrected chi connectivity index (χ0v) is 13.6. The maximum atomic E-state index is 12.1. The van der Waals surface area contributed by atoms with Crippen LogP contribution in [-0.2, 0) is 4.74 Å². The van der Waals surface area contributed by atoms with Crippen LogP contribution >= 0.6 is 11.6 Å². The molecule has 25 heavy (non-hydrogen) atoms. The van der Waals surface area contributed by atoms with E-state index in [4.69, 9.17) is 11.6 Å². The Morgan fingerprint density at radius 1 is 1.04 bits per heavy atom. The van der Waals surface area contributed by atoms with Crippen LogP contribution in [0.3, 0.4) is 0 Å². The van der Waals surface area contributed by atoms with Crippen molar-refractivity contribution in [2.24, 2.45) is 5.10 Å². The fourth-order valence-corrected chi connectivity index (χ4v) is 1.94. The number of methoxy groups -OCH3 is 1. The number of hydrogen-bond acceptors (Lipinski definition) is 5. The Morgan fingerprint density at radius 3 is 2.12 bits per heavy atom. The van der Waals surface area contributed by atoms with Crippen molar-refractivity contribution in [3.63, 3.8) is 0 Å². The third kappa shape index (κ3) is 5.68. The molecule has 0 atom stereocenters. The number of carbonyl (C=O) groups excluding carboxylic acids is 1. The molecule has 0 unspecified atom stereocenters. The molecule has 0 radical (unpaired) electrons. The van der Waals surface area contributed by atoms with Crippen molar-refractivity contribution >= 4 is 28.4 Å². The van der Waals surface area contributed by atoms with Gasteiger partial charge >= 0.3 is 12.3 Å². The van der Waals surface area contributed by atoms with Crippen LogP contribution in [0, 0.1) is 0 Å². The summed E-state index contributed by atoms with van der Waals surface area (Å²) in [4.78, 5) is 11.3.